The molecule has 3 atom stereocenters. The van der Waals surface area contributed by atoms with Gasteiger partial charge >= 0.3 is 0 Å². The Bertz CT molecular complexity index is 589. The van der Waals surface area contributed by atoms with Crippen molar-refractivity contribution in [1.29, 1.82) is 5.26 Å². The van der Waals surface area contributed by atoms with Gasteiger partial charge in [0.05, 0.1) is 24.3 Å². The van der Waals surface area contributed by atoms with Gasteiger partial charge in [0.25, 0.3) is 5.91 Å². The highest BCUT2D eigenvalue weighted by Crippen LogP contribution is 2.34. The number of aliphatic hydroxyl groups excluding tert-OH is 1. The first kappa shape index (κ1) is 14.1. The summed E-state index contributed by atoms with van der Waals surface area (Å²) in [5.74, 6) is 0.146. The van der Waals surface area contributed by atoms with Gasteiger partial charge in [-0.25, -0.2) is 0 Å². The molecule has 1 saturated carbocycles. The largest absolute Gasteiger partial charge is 0.396 e. The van der Waals surface area contributed by atoms with Gasteiger partial charge in [0.15, 0.2) is 0 Å². The standard InChI is InChI=1S/C15H19N3O3/c1-17-8-11(7-16)5-13(17)15(20)18-2-3-21-14-6-10(9-19)4-12(14)18/h5,8,10,12,14,19H,2-4,6,9H2,1H3/t10-,12+,14?/m1/s1. The number of rotatable bonds is 2. The Morgan fingerprint density at radius 3 is 3.05 bits per heavy atom. The molecule has 1 aromatic heterocycles. The zero-order valence-electron chi connectivity index (χ0n) is 12.0. The van der Waals surface area contributed by atoms with Crippen LogP contribution in [0.25, 0.3) is 0 Å². The van der Waals surface area contributed by atoms with Crippen LogP contribution in [-0.4, -0.2) is 52.4 Å². The maximum atomic E-state index is 12.8. The lowest BCUT2D eigenvalue weighted by Crippen LogP contribution is -2.51. The molecular formula is C15H19N3O3. The van der Waals surface area contributed by atoms with E-state index in [2.05, 4.69) is 6.07 Å². The number of hydrogen-bond donors (Lipinski definition) is 1. The zero-order valence-corrected chi connectivity index (χ0v) is 12.0. The van der Waals surface area contributed by atoms with E-state index in [-0.39, 0.29) is 30.6 Å². The molecule has 2 fully saturated rings. The van der Waals surface area contributed by atoms with E-state index in [0.29, 0.717) is 24.4 Å². The van der Waals surface area contributed by atoms with E-state index in [1.807, 2.05) is 4.90 Å². The van der Waals surface area contributed by atoms with E-state index in [0.717, 1.165) is 12.8 Å². The highest BCUT2D eigenvalue weighted by Gasteiger charge is 2.43. The summed E-state index contributed by atoms with van der Waals surface area (Å²) in [6.45, 7) is 1.23. The quantitative estimate of drug-likeness (QED) is 0.860. The fourth-order valence-electron chi connectivity index (χ4n) is 3.44. The van der Waals surface area contributed by atoms with Crippen LogP contribution in [-0.2, 0) is 11.8 Å². The van der Waals surface area contributed by atoms with Crippen LogP contribution < -0.4 is 0 Å². The molecule has 1 aliphatic heterocycles. The molecule has 21 heavy (non-hydrogen) atoms. The first-order valence-corrected chi connectivity index (χ1v) is 7.24. The molecule has 2 aliphatic rings. The van der Waals surface area contributed by atoms with Crippen molar-refractivity contribution < 1.29 is 14.6 Å². The summed E-state index contributed by atoms with van der Waals surface area (Å²) in [5.41, 5.74) is 1.02. The molecule has 6 heteroatoms. The SMILES string of the molecule is Cn1cc(C#N)cc1C(=O)N1CCOC2C[C@H](CO)C[C@@H]21. The van der Waals surface area contributed by atoms with Crippen molar-refractivity contribution in [3.63, 3.8) is 0 Å². The van der Waals surface area contributed by atoms with E-state index in [9.17, 15) is 9.90 Å². The van der Waals surface area contributed by atoms with E-state index in [1.54, 1.807) is 23.9 Å². The Hall–Kier alpha value is -1.84. The fraction of sp³-hybridized carbons (Fsp3) is 0.600. The summed E-state index contributed by atoms with van der Waals surface area (Å²) >= 11 is 0. The van der Waals surface area contributed by atoms with E-state index in [4.69, 9.17) is 10.00 Å². The molecule has 1 aromatic rings. The van der Waals surface area contributed by atoms with Crippen molar-refractivity contribution in [2.75, 3.05) is 19.8 Å². The highest BCUT2D eigenvalue weighted by atomic mass is 16.5. The molecule has 1 N–H and O–H groups in total. The van der Waals surface area contributed by atoms with Crippen molar-refractivity contribution >= 4 is 5.91 Å². The number of aryl methyl sites for hydroxylation is 1. The predicted molar refractivity (Wildman–Crippen MR) is 74.5 cm³/mol. The van der Waals surface area contributed by atoms with Gasteiger partial charge in [-0.05, 0) is 24.8 Å². The van der Waals surface area contributed by atoms with Gasteiger partial charge < -0.3 is 19.3 Å². The second kappa shape index (κ2) is 5.51. The maximum Gasteiger partial charge on any atom is 0.270 e. The molecule has 1 saturated heterocycles. The second-order valence-electron chi connectivity index (χ2n) is 5.83. The number of amides is 1. The van der Waals surface area contributed by atoms with Crippen LogP contribution in [0.3, 0.4) is 0 Å². The molecule has 0 bridgehead atoms. The molecule has 0 aromatic carbocycles. The molecule has 6 nitrogen and oxygen atoms in total. The number of nitriles is 1. The second-order valence-corrected chi connectivity index (χ2v) is 5.83. The van der Waals surface area contributed by atoms with E-state index in [1.165, 1.54) is 0 Å². The van der Waals surface area contributed by atoms with E-state index < -0.39 is 0 Å². The summed E-state index contributed by atoms with van der Waals surface area (Å²) in [6, 6.07) is 3.72. The van der Waals surface area contributed by atoms with Crippen LogP contribution in [0, 0.1) is 17.2 Å². The van der Waals surface area contributed by atoms with Crippen LogP contribution in [0.4, 0.5) is 0 Å². The lowest BCUT2D eigenvalue weighted by atomic mass is 10.1. The van der Waals surface area contributed by atoms with Crippen molar-refractivity contribution in [3.8, 4) is 6.07 Å². The number of fused-ring (bicyclic) bond motifs is 1. The number of carbonyl (C=O) groups excluding carboxylic acids is 1. The number of aromatic nitrogens is 1. The van der Waals surface area contributed by atoms with E-state index >= 15 is 0 Å². The minimum Gasteiger partial charge on any atom is -0.396 e. The van der Waals surface area contributed by atoms with Crippen LogP contribution in [0.2, 0.25) is 0 Å². The third-order valence-corrected chi connectivity index (χ3v) is 4.51. The Balaban J connectivity index is 1.83. The van der Waals surface area contributed by atoms with Crippen LogP contribution >= 0.6 is 0 Å². The monoisotopic (exact) mass is 289 g/mol. The average molecular weight is 289 g/mol. The van der Waals surface area contributed by atoms with Gasteiger partial charge in [-0.3, -0.25) is 4.79 Å². The molecule has 3 rings (SSSR count). The highest BCUT2D eigenvalue weighted by molar-refractivity contribution is 5.93. The van der Waals surface area contributed by atoms with Crippen molar-refractivity contribution in [3.05, 3.63) is 23.5 Å². The van der Waals surface area contributed by atoms with Crippen LogP contribution in [0.5, 0.6) is 0 Å². The van der Waals surface area contributed by atoms with Crippen molar-refractivity contribution in [2.45, 2.75) is 25.0 Å². The van der Waals surface area contributed by atoms with Gasteiger partial charge in [-0.2, -0.15) is 5.26 Å². The molecule has 0 radical (unpaired) electrons. The first-order chi connectivity index (χ1) is 10.1. The zero-order chi connectivity index (χ0) is 15.0. The Kier molecular flexibility index (Phi) is 3.70. The number of morpholine rings is 1. The number of carbonyl (C=O) groups is 1. The Morgan fingerprint density at radius 1 is 1.57 bits per heavy atom. The first-order valence-electron chi connectivity index (χ1n) is 7.24. The third-order valence-electron chi connectivity index (χ3n) is 4.51. The summed E-state index contributed by atoms with van der Waals surface area (Å²) < 4.78 is 7.44. The minimum atomic E-state index is -0.0594. The van der Waals surface area contributed by atoms with Gasteiger partial charge in [0.1, 0.15) is 11.8 Å². The van der Waals surface area contributed by atoms with Gasteiger partial charge in [-0.15, -0.1) is 0 Å². The Morgan fingerprint density at radius 2 is 2.38 bits per heavy atom. The Labute approximate surface area is 123 Å². The number of aliphatic hydroxyl groups is 1. The smallest absolute Gasteiger partial charge is 0.270 e. The molecule has 1 unspecified atom stereocenters. The average Bonchev–Trinajstić information content (AvgIpc) is 3.08. The molecule has 0 spiro atoms. The number of hydrogen-bond acceptors (Lipinski definition) is 4. The summed E-state index contributed by atoms with van der Waals surface area (Å²) in [7, 11) is 1.77. The lowest BCUT2D eigenvalue weighted by molar-refractivity contribution is -0.0451. The molecule has 1 amide bonds. The van der Waals surface area contributed by atoms with Gasteiger partial charge in [0, 0.05) is 26.4 Å². The molecule has 1 aliphatic carbocycles. The van der Waals surface area contributed by atoms with Gasteiger partial charge in [-0.1, -0.05) is 0 Å². The normalized spacial score (nSPS) is 28.2. The minimum absolute atomic E-state index is 0.0237. The summed E-state index contributed by atoms with van der Waals surface area (Å²) in [6.07, 6.45) is 3.27. The number of nitrogens with zero attached hydrogens (tertiary/aromatic N) is 3. The third kappa shape index (κ3) is 2.43. The van der Waals surface area contributed by atoms with Crippen molar-refractivity contribution in [2.24, 2.45) is 13.0 Å². The number of ether oxygens (including phenoxy) is 1. The topological polar surface area (TPSA) is 78.5 Å². The van der Waals surface area contributed by atoms with Crippen LogP contribution in [0.15, 0.2) is 12.3 Å². The fourth-order valence-corrected chi connectivity index (χ4v) is 3.44. The molecule has 2 heterocycles. The lowest BCUT2D eigenvalue weighted by Gasteiger charge is -2.37. The summed E-state index contributed by atoms with van der Waals surface area (Å²) in [5, 5.41) is 18.3. The van der Waals surface area contributed by atoms with Gasteiger partial charge in [0.2, 0.25) is 0 Å². The molecule has 112 valence electrons. The molecular weight excluding hydrogens is 270 g/mol. The van der Waals surface area contributed by atoms with Crippen LogP contribution in [0.1, 0.15) is 28.9 Å². The maximum absolute atomic E-state index is 12.8. The van der Waals surface area contributed by atoms with Crippen molar-refractivity contribution in [1.82, 2.24) is 9.47 Å². The predicted octanol–water partition coefficient (Wildman–Crippen LogP) is 0.509. The summed E-state index contributed by atoms with van der Waals surface area (Å²) in [4.78, 5) is 14.6.